The van der Waals surface area contributed by atoms with Crippen molar-refractivity contribution in [3.63, 3.8) is 0 Å². The van der Waals surface area contributed by atoms with Crippen molar-refractivity contribution in [2.24, 2.45) is 5.92 Å². The number of imide groups is 1. The second-order valence-electron chi connectivity index (χ2n) is 7.07. The summed E-state index contributed by atoms with van der Waals surface area (Å²) in [5.74, 6) is 0.334. The molecule has 1 aromatic carbocycles. The van der Waals surface area contributed by atoms with Crippen molar-refractivity contribution in [1.29, 1.82) is 0 Å². The summed E-state index contributed by atoms with van der Waals surface area (Å²) in [6.07, 6.45) is 3.78. The number of aromatic nitrogens is 3. The summed E-state index contributed by atoms with van der Waals surface area (Å²) in [6.45, 7) is 2.04. The number of amides is 3. The van der Waals surface area contributed by atoms with Crippen LogP contribution in [0.1, 0.15) is 23.9 Å². The van der Waals surface area contributed by atoms with Crippen LogP contribution in [0.2, 0.25) is 0 Å². The Balaban J connectivity index is 1.41. The molecule has 8 nitrogen and oxygen atoms in total. The van der Waals surface area contributed by atoms with Crippen molar-refractivity contribution < 1.29 is 14.0 Å². The summed E-state index contributed by atoms with van der Waals surface area (Å²) < 4.78 is 5.72. The lowest BCUT2D eigenvalue weighted by Gasteiger charge is -2.35. The van der Waals surface area contributed by atoms with Crippen LogP contribution in [0.5, 0.6) is 0 Å². The van der Waals surface area contributed by atoms with Crippen molar-refractivity contribution in [2.45, 2.75) is 36.9 Å². The highest BCUT2D eigenvalue weighted by molar-refractivity contribution is 7.98. The van der Waals surface area contributed by atoms with Gasteiger partial charge in [0.25, 0.3) is 5.22 Å². The number of hydrogen-bond donors (Lipinski definition) is 1. The first kappa shape index (κ1) is 20.1. The molecule has 0 aliphatic carbocycles. The van der Waals surface area contributed by atoms with Gasteiger partial charge in [-0.3, -0.25) is 14.7 Å². The molecule has 1 fully saturated rings. The van der Waals surface area contributed by atoms with Crippen molar-refractivity contribution in [3.05, 3.63) is 71.9 Å². The van der Waals surface area contributed by atoms with Gasteiger partial charge >= 0.3 is 6.03 Å². The predicted octanol–water partition coefficient (Wildman–Crippen LogP) is 3.06. The number of carbonyl (C=O) groups is 2. The fourth-order valence-corrected chi connectivity index (χ4v) is 3.98. The monoisotopic (exact) mass is 423 g/mol. The summed E-state index contributed by atoms with van der Waals surface area (Å²) in [7, 11) is 0. The summed E-state index contributed by atoms with van der Waals surface area (Å²) in [4.78, 5) is 30.7. The molecule has 9 heteroatoms. The zero-order chi connectivity index (χ0) is 20.9. The van der Waals surface area contributed by atoms with E-state index < -0.39 is 5.92 Å². The van der Waals surface area contributed by atoms with Gasteiger partial charge in [0.05, 0.1) is 12.5 Å². The lowest BCUT2D eigenvalue weighted by molar-refractivity contribution is -0.135. The van der Waals surface area contributed by atoms with Crippen LogP contribution in [-0.2, 0) is 23.5 Å². The standard InChI is InChI=1S/C21H21N5O3S/c1-14-17(19(27)26(20(28)23-14)12-15-6-3-2-4-7-15)10-18-24-25-21(29-18)30-13-16-8-5-9-22-11-16/h2-9,11,14,17H,10,12-13H2,1H3,(H,23,28). The second kappa shape index (κ2) is 9.08. The van der Waals surface area contributed by atoms with Crippen LogP contribution in [0.15, 0.2) is 64.5 Å². The third-order valence-corrected chi connectivity index (χ3v) is 5.78. The van der Waals surface area contributed by atoms with Gasteiger partial charge in [-0.1, -0.05) is 48.2 Å². The van der Waals surface area contributed by atoms with Crippen LogP contribution in [0.25, 0.3) is 0 Å². The molecule has 4 rings (SSSR count). The second-order valence-corrected chi connectivity index (χ2v) is 8.00. The maximum atomic E-state index is 13.0. The Morgan fingerprint density at radius 2 is 1.90 bits per heavy atom. The maximum Gasteiger partial charge on any atom is 0.324 e. The van der Waals surface area contributed by atoms with Gasteiger partial charge in [0.2, 0.25) is 11.8 Å². The molecule has 1 aliphatic heterocycles. The summed E-state index contributed by atoms with van der Waals surface area (Å²) in [5.41, 5.74) is 1.94. The average Bonchev–Trinajstić information content (AvgIpc) is 3.22. The third-order valence-electron chi connectivity index (χ3n) is 4.89. The normalized spacial score (nSPS) is 19.0. The Bertz CT molecular complexity index is 1010. The molecule has 3 heterocycles. The molecule has 2 atom stereocenters. The molecule has 1 aliphatic rings. The molecular formula is C21H21N5O3S. The number of pyridine rings is 1. The zero-order valence-corrected chi connectivity index (χ0v) is 17.2. The summed E-state index contributed by atoms with van der Waals surface area (Å²) in [6, 6.07) is 12.6. The minimum absolute atomic E-state index is 0.227. The molecule has 0 radical (unpaired) electrons. The Kier molecular flexibility index (Phi) is 6.08. The van der Waals surface area contributed by atoms with Gasteiger partial charge in [-0.25, -0.2) is 4.79 Å². The predicted molar refractivity (Wildman–Crippen MR) is 110 cm³/mol. The molecule has 0 bridgehead atoms. The number of carbonyl (C=O) groups excluding carboxylic acids is 2. The highest BCUT2D eigenvalue weighted by Gasteiger charge is 2.39. The quantitative estimate of drug-likeness (QED) is 0.583. The Labute approximate surface area is 178 Å². The molecule has 3 amide bonds. The van der Waals surface area contributed by atoms with Crippen LogP contribution >= 0.6 is 11.8 Å². The molecule has 1 saturated heterocycles. The Morgan fingerprint density at radius 1 is 1.10 bits per heavy atom. The summed E-state index contributed by atoms with van der Waals surface area (Å²) in [5, 5.41) is 11.5. The lowest BCUT2D eigenvalue weighted by Crippen LogP contribution is -2.59. The molecule has 30 heavy (non-hydrogen) atoms. The van der Waals surface area contributed by atoms with Crippen LogP contribution in [0, 0.1) is 5.92 Å². The van der Waals surface area contributed by atoms with Crippen LogP contribution < -0.4 is 5.32 Å². The van der Waals surface area contributed by atoms with E-state index in [1.165, 1.54) is 16.7 Å². The molecule has 0 saturated carbocycles. The Morgan fingerprint density at radius 3 is 2.67 bits per heavy atom. The van der Waals surface area contributed by atoms with Crippen molar-refractivity contribution in [1.82, 2.24) is 25.4 Å². The number of rotatable bonds is 7. The molecule has 154 valence electrons. The van der Waals surface area contributed by atoms with Crippen molar-refractivity contribution in [2.75, 3.05) is 0 Å². The third kappa shape index (κ3) is 4.68. The van der Waals surface area contributed by atoms with E-state index in [-0.39, 0.29) is 30.9 Å². The fourth-order valence-electron chi connectivity index (χ4n) is 3.26. The van der Waals surface area contributed by atoms with E-state index >= 15 is 0 Å². The van der Waals surface area contributed by atoms with Gasteiger partial charge in [0, 0.05) is 30.6 Å². The van der Waals surface area contributed by atoms with E-state index in [2.05, 4.69) is 20.5 Å². The van der Waals surface area contributed by atoms with Gasteiger partial charge in [0.15, 0.2) is 0 Å². The highest BCUT2D eigenvalue weighted by atomic mass is 32.2. The lowest BCUT2D eigenvalue weighted by atomic mass is 9.93. The number of nitrogens with one attached hydrogen (secondary N) is 1. The van der Waals surface area contributed by atoms with Gasteiger partial charge in [-0.05, 0) is 24.1 Å². The maximum absolute atomic E-state index is 13.0. The Hall–Kier alpha value is -3.20. The molecule has 0 spiro atoms. The minimum atomic E-state index is -0.469. The van der Waals surface area contributed by atoms with Crippen molar-refractivity contribution in [3.8, 4) is 0 Å². The molecular weight excluding hydrogens is 402 g/mol. The van der Waals surface area contributed by atoms with Crippen molar-refractivity contribution >= 4 is 23.7 Å². The first-order chi connectivity index (χ1) is 14.6. The van der Waals surface area contributed by atoms with E-state index in [9.17, 15) is 9.59 Å². The van der Waals surface area contributed by atoms with Gasteiger partial charge in [0.1, 0.15) is 0 Å². The number of urea groups is 1. The van der Waals surface area contributed by atoms with E-state index in [1.807, 2.05) is 49.4 Å². The van der Waals surface area contributed by atoms with Crippen LogP contribution in [0.3, 0.4) is 0 Å². The largest absolute Gasteiger partial charge is 0.416 e. The van der Waals surface area contributed by atoms with Crippen LogP contribution in [-0.4, -0.2) is 38.1 Å². The topological polar surface area (TPSA) is 101 Å². The number of thioether (sulfide) groups is 1. The zero-order valence-electron chi connectivity index (χ0n) is 16.4. The molecule has 3 aromatic rings. The van der Waals surface area contributed by atoms with E-state index in [1.54, 1.807) is 12.4 Å². The van der Waals surface area contributed by atoms with Gasteiger partial charge < -0.3 is 9.73 Å². The first-order valence-corrected chi connectivity index (χ1v) is 10.6. The molecule has 1 N–H and O–H groups in total. The molecule has 2 aromatic heterocycles. The number of hydrogen-bond acceptors (Lipinski definition) is 7. The minimum Gasteiger partial charge on any atom is -0.416 e. The fraction of sp³-hybridized carbons (Fsp3) is 0.286. The number of benzene rings is 1. The molecule has 2 unspecified atom stereocenters. The SMILES string of the molecule is CC1NC(=O)N(Cc2ccccc2)C(=O)C1Cc1nnc(SCc2cccnc2)o1. The smallest absolute Gasteiger partial charge is 0.324 e. The van der Waals surface area contributed by atoms with E-state index in [0.29, 0.717) is 16.9 Å². The van der Waals surface area contributed by atoms with E-state index in [0.717, 1.165) is 11.1 Å². The first-order valence-electron chi connectivity index (χ1n) is 9.60. The van der Waals surface area contributed by atoms with Crippen LogP contribution in [0.4, 0.5) is 4.79 Å². The van der Waals surface area contributed by atoms with E-state index in [4.69, 9.17) is 4.42 Å². The number of nitrogens with zero attached hydrogens (tertiary/aromatic N) is 4. The summed E-state index contributed by atoms with van der Waals surface area (Å²) >= 11 is 1.42. The van der Waals surface area contributed by atoms with Gasteiger partial charge in [-0.15, -0.1) is 10.2 Å². The highest BCUT2D eigenvalue weighted by Crippen LogP contribution is 2.25. The average molecular weight is 423 g/mol. The van der Waals surface area contributed by atoms with Gasteiger partial charge in [-0.2, -0.15) is 0 Å².